The first-order chi connectivity index (χ1) is 17.3. The average molecular weight is 526 g/mol. The molecule has 0 bridgehead atoms. The molecule has 1 unspecified atom stereocenters. The van der Waals surface area contributed by atoms with E-state index in [0.717, 1.165) is 43.0 Å². The number of para-hydroxylation sites is 1. The van der Waals surface area contributed by atoms with Gasteiger partial charge < -0.3 is 4.74 Å². The van der Waals surface area contributed by atoms with Crippen molar-refractivity contribution in [3.63, 3.8) is 0 Å². The van der Waals surface area contributed by atoms with Gasteiger partial charge in [-0.05, 0) is 49.1 Å². The number of ether oxygens (including phenoxy) is 1. The number of thiocarbonyl (C=S) groups is 1. The number of halogens is 1. The van der Waals surface area contributed by atoms with Gasteiger partial charge in [-0.3, -0.25) is 18.9 Å². The number of hydrogen-bond donors (Lipinski definition) is 0. The molecule has 0 spiro atoms. The molecule has 1 aliphatic heterocycles. The Bertz CT molecular complexity index is 1400. The molecule has 0 radical (unpaired) electrons. The van der Waals surface area contributed by atoms with Crippen LogP contribution in [0.5, 0.6) is 11.6 Å². The monoisotopic (exact) mass is 525 g/mol. The Kier molecular flexibility index (Phi) is 8.21. The minimum absolute atomic E-state index is 0.0554. The lowest BCUT2D eigenvalue weighted by Gasteiger charge is -2.21. The average Bonchev–Trinajstić information content (AvgIpc) is 3.13. The lowest BCUT2D eigenvalue weighted by Crippen LogP contribution is -2.33. The number of aromatic nitrogens is 2. The minimum Gasteiger partial charge on any atom is -0.435 e. The fourth-order valence-corrected chi connectivity index (χ4v) is 5.35. The van der Waals surface area contributed by atoms with Gasteiger partial charge in [-0.25, -0.2) is 4.39 Å². The van der Waals surface area contributed by atoms with Crippen LogP contribution in [-0.2, 0) is 4.79 Å². The van der Waals surface area contributed by atoms with Gasteiger partial charge in [0, 0.05) is 12.7 Å². The zero-order valence-corrected chi connectivity index (χ0v) is 22.1. The molecule has 36 heavy (non-hydrogen) atoms. The number of fused-ring (bicyclic) bond motifs is 1. The highest BCUT2D eigenvalue weighted by atomic mass is 32.2. The van der Waals surface area contributed by atoms with Crippen LogP contribution in [0.25, 0.3) is 11.7 Å². The van der Waals surface area contributed by atoms with Crippen molar-refractivity contribution in [2.24, 2.45) is 5.92 Å². The molecule has 6 nitrogen and oxygen atoms in total. The van der Waals surface area contributed by atoms with E-state index in [9.17, 15) is 14.0 Å². The maximum absolute atomic E-state index is 14.4. The van der Waals surface area contributed by atoms with E-state index in [2.05, 4.69) is 18.8 Å². The molecule has 0 saturated carbocycles. The van der Waals surface area contributed by atoms with Crippen LogP contribution in [0.3, 0.4) is 0 Å². The van der Waals surface area contributed by atoms with Gasteiger partial charge in [0.15, 0.2) is 11.6 Å². The first-order valence-electron chi connectivity index (χ1n) is 12.0. The van der Waals surface area contributed by atoms with Gasteiger partial charge in [-0.2, -0.15) is 4.98 Å². The van der Waals surface area contributed by atoms with Gasteiger partial charge in [0.2, 0.25) is 5.88 Å². The van der Waals surface area contributed by atoms with Crippen molar-refractivity contribution >= 4 is 45.9 Å². The summed E-state index contributed by atoms with van der Waals surface area (Å²) >= 11 is 6.67. The molecule has 188 valence electrons. The van der Waals surface area contributed by atoms with E-state index < -0.39 is 11.4 Å². The first kappa shape index (κ1) is 26.0. The van der Waals surface area contributed by atoms with Crippen molar-refractivity contribution in [1.29, 1.82) is 0 Å². The lowest BCUT2D eigenvalue weighted by molar-refractivity contribution is -0.122. The van der Waals surface area contributed by atoms with Crippen molar-refractivity contribution in [3.8, 4) is 11.6 Å². The third-order valence-electron chi connectivity index (χ3n) is 6.23. The Balaban J connectivity index is 1.76. The number of rotatable bonds is 9. The molecule has 1 fully saturated rings. The number of aryl methyl sites for hydroxylation is 1. The molecule has 1 aromatic carbocycles. The number of carbonyl (C=O) groups excluding carboxylic acids is 1. The molecule has 3 aromatic rings. The summed E-state index contributed by atoms with van der Waals surface area (Å²) in [4.78, 5) is 33.3. The third kappa shape index (κ3) is 5.37. The van der Waals surface area contributed by atoms with E-state index >= 15 is 0 Å². The molecule has 0 N–H and O–H groups in total. The highest BCUT2D eigenvalue weighted by Crippen LogP contribution is 2.35. The molecular formula is C27H28FN3O3S2. The molecule has 0 aliphatic carbocycles. The summed E-state index contributed by atoms with van der Waals surface area (Å²) in [5, 5.41) is 0. The quantitative estimate of drug-likeness (QED) is 0.240. The second-order valence-corrected chi connectivity index (χ2v) is 10.4. The minimum atomic E-state index is -0.584. The molecule has 1 aliphatic rings. The topological polar surface area (TPSA) is 63.9 Å². The fraction of sp³-hybridized carbons (Fsp3) is 0.333. The number of amides is 1. The number of unbranched alkanes of at least 4 members (excludes halogenated alkanes) is 1. The number of hydrogen-bond acceptors (Lipinski definition) is 6. The molecule has 9 heteroatoms. The van der Waals surface area contributed by atoms with Crippen molar-refractivity contribution in [1.82, 2.24) is 14.3 Å². The highest BCUT2D eigenvalue weighted by Gasteiger charge is 2.34. The molecule has 1 amide bonds. The van der Waals surface area contributed by atoms with Crippen LogP contribution < -0.4 is 10.3 Å². The van der Waals surface area contributed by atoms with Crippen LogP contribution in [0.4, 0.5) is 4.39 Å². The predicted molar refractivity (Wildman–Crippen MR) is 146 cm³/mol. The largest absolute Gasteiger partial charge is 0.435 e. The van der Waals surface area contributed by atoms with E-state index in [0.29, 0.717) is 27.3 Å². The summed E-state index contributed by atoms with van der Waals surface area (Å²) in [5.41, 5.74) is 0.776. The van der Waals surface area contributed by atoms with Gasteiger partial charge in [0.1, 0.15) is 15.5 Å². The van der Waals surface area contributed by atoms with Crippen LogP contribution in [0.2, 0.25) is 0 Å². The van der Waals surface area contributed by atoms with Gasteiger partial charge in [0.25, 0.3) is 11.5 Å². The maximum atomic E-state index is 14.4. The van der Waals surface area contributed by atoms with E-state index in [1.165, 1.54) is 22.6 Å². The van der Waals surface area contributed by atoms with Crippen LogP contribution in [0.1, 0.15) is 50.7 Å². The number of nitrogens with zero attached hydrogens (tertiary/aromatic N) is 3. The Labute approximate surface area is 219 Å². The lowest BCUT2D eigenvalue weighted by atomic mass is 9.99. The summed E-state index contributed by atoms with van der Waals surface area (Å²) < 4.78 is 22.0. The number of carbonyl (C=O) groups is 1. The number of thioether (sulfide) groups is 1. The first-order valence-corrected chi connectivity index (χ1v) is 13.3. The fourth-order valence-electron chi connectivity index (χ4n) is 4.09. The Morgan fingerprint density at radius 2 is 1.97 bits per heavy atom. The van der Waals surface area contributed by atoms with Crippen molar-refractivity contribution < 1.29 is 13.9 Å². The van der Waals surface area contributed by atoms with Crippen molar-refractivity contribution in [3.05, 3.63) is 74.8 Å². The van der Waals surface area contributed by atoms with E-state index in [4.69, 9.17) is 17.0 Å². The zero-order valence-electron chi connectivity index (χ0n) is 20.5. The second-order valence-electron chi connectivity index (χ2n) is 8.76. The van der Waals surface area contributed by atoms with Gasteiger partial charge in [0.05, 0.1) is 4.91 Å². The molecule has 4 rings (SSSR count). The van der Waals surface area contributed by atoms with E-state index in [1.54, 1.807) is 29.3 Å². The van der Waals surface area contributed by atoms with Crippen LogP contribution in [0.15, 0.2) is 52.3 Å². The summed E-state index contributed by atoms with van der Waals surface area (Å²) in [7, 11) is 0. The van der Waals surface area contributed by atoms with E-state index in [-0.39, 0.29) is 23.1 Å². The van der Waals surface area contributed by atoms with Gasteiger partial charge in [-0.1, -0.05) is 75.3 Å². The second kappa shape index (κ2) is 11.3. The summed E-state index contributed by atoms with van der Waals surface area (Å²) in [6.45, 7) is 6.63. The van der Waals surface area contributed by atoms with Crippen LogP contribution in [0, 0.1) is 18.7 Å². The van der Waals surface area contributed by atoms with Gasteiger partial charge >= 0.3 is 0 Å². The molecule has 1 atom stereocenters. The van der Waals surface area contributed by atoms with Crippen molar-refractivity contribution in [2.45, 2.75) is 46.5 Å². The number of benzene rings is 1. The summed E-state index contributed by atoms with van der Waals surface area (Å²) in [6, 6.07) is 9.47. The molecular weight excluding hydrogens is 497 g/mol. The van der Waals surface area contributed by atoms with Crippen LogP contribution in [-0.4, -0.2) is 31.1 Å². The molecule has 1 saturated heterocycles. The third-order valence-corrected chi connectivity index (χ3v) is 7.60. The maximum Gasteiger partial charge on any atom is 0.269 e. The molecule has 2 aromatic heterocycles. The highest BCUT2D eigenvalue weighted by molar-refractivity contribution is 8.26. The SMILES string of the molecule is CCCCC(CC)CN1C(=O)/C(=C\c2c(Oc3ccccc3F)nc3c(C)cccn3c2=O)SC1=S. The normalized spacial score (nSPS) is 15.8. The van der Waals surface area contributed by atoms with Crippen LogP contribution >= 0.6 is 24.0 Å². The standard InChI is InChI=1S/C27H28FN3O3S2/c1-4-6-11-18(5-2)16-31-26(33)22(36-27(31)35)15-19-24(34-21-13-8-7-12-20(21)28)29-23-17(3)10-9-14-30(23)25(19)32/h7-10,12-15,18H,4-6,11,16H2,1-3H3/b22-15+. The molecule has 3 heterocycles. The number of pyridine rings is 1. The predicted octanol–water partition coefficient (Wildman–Crippen LogP) is 6.35. The summed E-state index contributed by atoms with van der Waals surface area (Å²) in [5.74, 6) is -0.613. The smallest absolute Gasteiger partial charge is 0.269 e. The summed E-state index contributed by atoms with van der Waals surface area (Å²) in [6.07, 6.45) is 7.24. The Morgan fingerprint density at radius 1 is 1.19 bits per heavy atom. The zero-order chi connectivity index (χ0) is 25.8. The van der Waals surface area contributed by atoms with E-state index in [1.807, 2.05) is 13.0 Å². The van der Waals surface area contributed by atoms with Crippen molar-refractivity contribution in [2.75, 3.05) is 6.54 Å². The Morgan fingerprint density at radius 3 is 2.69 bits per heavy atom. The van der Waals surface area contributed by atoms with Gasteiger partial charge in [-0.15, -0.1) is 0 Å². The Hall–Kier alpha value is -3.04.